The topological polar surface area (TPSA) is 60.8 Å². The molecule has 0 saturated carbocycles. The van der Waals surface area contributed by atoms with Gasteiger partial charge in [-0.3, -0.25) is 4.79 Å². The number of carbonyl (C=O) groups is 1. The molecule has 1 aliphatic rings. The quantitative estimate of drug-likeness (QED) is 0.702. The summed E-state index contributed by atoms with van der Waals surface area (Å²) in [5.41, 5.74) is -0.996. The van der Waals surface area contributed by atoms with E-state index in [0.29, 0.717) is 6.42 Å². The van der Waals surface area contributed by atoms with Gasteiger partial charge in [-0.25, -0.2) is 0 Å². The van der Waals surface area contributed by atoms with Crippen LogP contribution in [0.25, 0.3) is 0 Å². The average Bonchev–Trinajstić information content (AvgIpc) is 2.09. The Morgan fingerprint density at radius 1 is 1.33 bits per heavy atom. The van der Waals surface area contributed by atoms with Gasteiger partial charge in [0.25, 0.3) is 0 Å². The average molecular weight is 215 g/mol. The smallest absolute Gasteiger partial charge is 0.306 e. The Hall–Kier alpha value is -0.610. The Kier molecular flexibility index (Phi) is 2.87. The molecular weight excluding hydrogens is 194 g/mol. The second-order valence-corrected chi connectivity index (χ2v) is 5.72. The summed E-state index contributed by atoms with van der Waals surface area (Å²) in [7, 11) is 0. The van der Waals surface area contributed by atoms with Crippen molar-refractivity contribution in [2.24, 2.45) is 11.8 Å². The first-order valence-electron chi connectivity index (χ1n) is 5.32. The van der Waals surface area contributed by atoms with E-state index in [1.165, 1.54) is 5.06 Å². The van der Waals surface area contributed by atoms with Gasteiger partial charge in [0, 0.05) is 11.1 Å². The van der Waals surface area contributed by atoms with Gasteiger partial charge in [-0.05, 0) is 40.0 Å². The molecule has 0 aromatic carbocycles. The molecule has 1 rings (SSSR count). The van der Waals surface area contributed by atoms with E-state index in [-0.39, 0.29) is 5.92 Å². The van der Waals surface area contributed by atoms with Crippen LogP contribution in [0.15, 0.2) is 0 Å². The fourth-order valence-electron chi connectivity index (χ4n) is 2.57. The second-order valence-electron chi connectivity index (χ2n) is 5.72. The van der Waals surface area contributed by atoms with Crippen LogP contribution >= 0.6 is 0 Å². The van der Waals surface area contributed by atoms with Crippen molar-refractivity contribution >= 4 is 5.97 Å². The number of piperidine rings is 1. The van der Waals surface area contributed by atoms with Crippen molar-refractivity contribution in [2.75, 3.05) is 0 Å². The molecule has 2 unspecified atom stereocenters. The number of aliphatic carboxylic acids is 1. The van der Waals surface area contributed by atoms with E-state index in [0.717, 1.165) is 0 Å². The van der Waals surface area contributed by atoms with Crippen LogP contribution in [0.2, 0.25) is 0 Å². The summed E-state index contributed by atoms with van der Waals surface area (Å²) in [4.78, 5) is 11.1. The highest BCUT2D eigenvalue weighted by molar-refractivity contribution is 5.71. The molecule has 15 heavy (non-hydrogen) atoms. The minimum Gasteiger partial charge on any atom is -0.481 e. The molecular formula is C11H21NO3. The summed E-state index contributed by atoms with van der Waals surface area (Å²) in [6.45, 7) is 9.40. The van der Waals surface area contributed by atoms with Gasteiger partial charge >= 0.3 is 5.97 Å². The van der Waals surface area contributed by atoms with Crippen molar-refractivity contribution in [3.05, 3.63) is 0 Å². The molecule has 2 N–H and O–H groups in total. The standard InChI is InChI=1S/C11H21NO3/c1-7-8(9(13)14)6-10(2,3)12(15)11(7,4)5/h7-8,15H,6H2,1-5H3,(H,13,14). The van der Waals surface area contributed by atoms with Gasteiger partial charge in [-0.1, -0.05) is 6.92 Å². The van der Waals surface area contributed by atoms with Gasteiger partial charge < -0.3 is 10.3 Å². The van der Waals surface area contributed by atoms with Gasteiger partial charge in [-0.15, -0.1) is 0 Å². The first-order valence-corrected chi connectivity index (χ1v) is 5.32. The van der Waals surface area contributed by atoms with Crippen LogP contribution in [0.1, 0.15) is 41.0 Å². The maximum Gasteiger partial charge on any atom is 0.306 e. The number of carboxylic acid groups (broad SMARTS) is 1. The van der Waals surface area contributed by atoms with E-state index in [4.69, 9.17) is 5.11 Å². The monoisotopic (exact) mass is 215 g/mol. The van der Waals surface area contributed by atoms with Crippen molar-refractivity contribution in [2.45, 2.75) is 52.1 Å². The molecule has 4 heteroatoms. The molecule has 0 spiro atoms. The third kappa shape index (κ3) is 1.88. The summed E-state index contributed by atoms with van der Waals surface area (Å²) in [6, 6.07) is 0. The lowest BCUT2D eigenvalue weighted by molar-refractivity contribution is -0.267. The van der Waals surface area contributed by atoms with Gasteiger partial charge in [0.2, 0.25) is 0 Å². The van der Waals surface area contributed by atoms with Crippen molar-refractivity contribution in [3.63, 3.8) is 0 Å². The molecule has 0 aromatic rings. The molecule has 0 aromatic heterocycles. The van der Waals surface area contributed by atoms with Gasteiger partial charge in [0.15, 0.2) is 0 Å². The summed E-state index contributed by atoms with van der Waals surface area (Å²) in [6.07, 6.45) is 0.476. The van der Waals surface area contributed by atoms with E-state index in [1.54, 1.807) is 0 Å². The van der Waals surface area contributed by atoms with Crippen molar-refractivity contribution in [1.82, 2.24) is 5.06 Å². The van der Waals surface area contributed by atoms with Crippen LogP contribution in [0.5, 0.6) is 0 Å². The third-order valence-corrected chi connectivity index (χ3v) is 3.87. The van der Waals surface area contributed by atoms with E-state index in [2.05, 4.69) is 0 Å². The normalized spacial score (nSPS) is 35.1. The van der Waals surface area contributed by atoms with E-state index < -0.39 is 23.0 Å². The van der Waals surface area contributed by atoms with Crippen LogP contribution in [0.4, 0.5) is 0 Å². The van der Waals surface area contributed by atoms with Crippen molar-refractivity contribution in [1.29, 1.82) is 0 Å². The number of hydrogen-bond donors (Lipinski definition) is 2. The lowest BCUT2D eigenvalue weighted by Gasteiger charge is -2.54. The number of nitrogens with zero attached hydrogens (tertiary/aromatic N) is 1. The largest absolute Gasteiger partial charge is 0.481 e. The predicted molar refractivity (Wildman–Crippen MR) is 56.7 cm³/mol. The first kappa shape index (κ1) is 12.5. The summed E-state index contributed by atoms with van der Waals surface area (Å²) < 4.78 is 0. The van der Waals surface area contributed by atoms with Crippen LogP contribution < -0.4 is 0 Å². The SMILES string of the molecule is CC1C(C(=O)O)CC(C)(C)N(O)C1(C)C. The maximum absolute atomic E-state index is 11.1. The molecule has 1 heterocycles. The molecule has 88 valence electrons. The minimum absolute atomic E-state index is 0.0759. The highest BCUT2D eigenvalue weighted by atomic mass is 16.5. The van der Waals surface area contributed by atoms with Crippen LogP contribution in [0.3, 0.4) is 0 Å². The molecule has 0 bridgehead atoms. The predicted octanol–water partition coefficient (Wildman–Crippen LogP) is 1.98. The van der Waals surface area contributed by atoms with Gasteiger partial charge in [-0.2, -0.15) is 5.06 Å². The van der Waals surface area contributed by atoms with Crippen LogP contribution in [-0.4, -0.2) is 32.4 Å². The lowest BCUT2D eigenvalue weighted by atomic mass is 9.68. The molecule has 4 nitrogen and oxygen atoms in total. The first-order chi connectivity index (χ1) is 6.60. The molecule has 0 amide bonds. The molecule has 0 radical (unpaired) electrons. The Bertz CT molecular complexity index is 273. The van der Waals surface area contributed by atoms with E-state index >= 15 is 0 Å². The van der Waals surface area contributed by atoms with Crippen LogP contribution in [0, 0.1) is 11.8 Å². The Morgan fingerprint density at radius 2 is 1.80 bits per heavy atom. The molecule has 1 fully saturated rings. The van der Waals surface area contributed by atoms with E-state index in [1.807, 2.05) is 34.6 Å². The fourth-order valence-corrected chi connectivity index (χ4v) is 2.57. The molecule has 1 saturated heterocycles. The molecule has 1 aliphatic heterocycles. The Labute approximate surface area is 90.8 Å². The zero-order valence-corrected chi connectivity index (χ0v) is 10.1. The summed E-state index contributed by atoms with van der Waals surface area (Å²) in [5, 5.41) is 20.5. The highest BCUT2D eigenvalue weighted by Crippen LogP contribution is 2.43. The summed E-state index contributed by atoms with van der Waals surface area (Å²) in [5.74, 6) is -1.23. The third-order valence-electron chi connectivity index (χ3n) is 3.87. The fraction of sp³-hybridized carbons (Fsp3) is 0.909. The number of rotatable bonds is 1. The lowest BCUT2D eigenvalue weighted by Crippen LogP contribution is -2.64. The van der Waals surface area contributed by atoms with Gasteiger partial charge in [0.05, 0.1) is 5.92 Å². The highest BCUT2D eigenvalue weighted by Gasteiger charge is 2.51. The minimum atomic E-state index is -0.767. The number of carboxylic acids is 1. The summed E-state index contributed by atoms with van der Waals surface area (Å²) >= 11 is 0. The zero-order chi connectivity index (χ0) is 12.0. The zero-order valence-electron chi connectivity index (χ0n) is 10.1. The van der Waals surface area contributed by atoms with Gasteiger partial charge in [0.1, 0.15) is 0 Å². The Morgan fingerprint density at radius 3 is 2.20 bits per heavy atom. The maximum atomic E-state index is 11.1. The van der Waals surface area contributed by atoms with Crippen molar-refractivity contribution < 1.29 is 15.1 Å². The molecule has 2 atom stereocenters. The van der Waals surface area contributed by atoms with Crippen LogP contribution in [-0.2, 0) is 4.79 Å². The van der Waals surface area contributed by atoms with E-state index in [9.17, 15) is 10.0 Å². The second kappa shape index (κ2) is 3.46. The number of hydroxylamine groups is 2. The van der Waals surface area contributed by atoms with Crippen molar-refractivity contribution in [3.8, 4) is 0 Å². The molecule has 0 aliphatic carbocycles. The number of hydrogen-bond acceptors (Lipinski definition) is 3. The Balaban J connectivity index is 3.07.